The van der Waals surface area contributed by atoms with Crippen molar-refractivity contribution >= 4 is 32.5 Å². The van der Waals surface area contributed by atoms with E-state index in [9.17, 15) is 13.2 Å². The van der Waals surface area contributed by atoms with Gasteiger partial charge < -0.3 is 15.2 Å². The van der Waals surface area contributed by atoms with Gasteiger partial charge in [-0.1, -0.05) is 5.92 Å². The van der Waals surface area contributed by atoms with E-state index in [1.807, 2.05) is 6.07 Å². The summed E-state index contributed by atoms with van der Waals surface area (Å²) in [7, 11) is -3.49. The number of pyridine rings is 1. The first-order valence-corrected chi connectivity index (χ1v) is 11.7. The third kappa shape index (κ3) is 4.36. The van der Waals surface area contributed by atoms with E-state index in [0.29, 0.717) is 24.3 Å². The normalized spacial score (nSPS) is 16.8. The molecular weight excluding hydrogens is 416 g/mol. The molecule has 1 amide bonds. The number of likely N-dealkylation sites (tertiary alicyclic amines) is 1. The minimum Gasteiger partial charge on any atom is -0.379 e. The monoisotopic (exact) mass is 438 g/mol. The van der Waals surface area contributed by atoms with Gasteiger partial charge in [0.1, 0.15) is 5.65 Å². The predicted molar refractivity (Wildman–Crippen MR) is 117 cm³/mol. The van der Waals surface area contributed by atoms with E-state index in [-0.39, 0.29) is 29.2 Å². The number of aromatic nitrogens is 4. The number of rotatable bonds is 5. The maximum Gasteiger partial charge on any atom is 0.234 e. The van der Waals surface area contributed by atoms with E-state index in [4.69, 9.17) is 6.42 Å². The molecule has 0 unspecified atom stereocenters. The van der Waals surface area contributed by atoms with Crippen molar-refractivity contribution in [3.05, 3.63) is 30.7 Å². The zero-order chi connectivity index (χ0) is 22.0. The number of fused-ring (bicyclic) bond motifs is 1. The molecule has 4 heterocycles. The van der Waals surface area contributed by atoms with Crippen LogP contribution in [0.1, 0.15) is 19.3 Å². The summed E-state index contributed by atoms with van der Waals surface area (Å²) < 4.78 is 23.9. The standard InChI is InChI=1S/C21H22N6O3S/c1-3-5-18(28)27-11-4-6-14(13-27)25-19-15-7-9-22-20(15)24-12-16(19)21-23-10-8-17(26-21)31(2,29)30/h1,7-10,12,14H,4-6,11,13H2,2H3,(H2,22,24,25)/t14-/m1/s1. The number of carbonyl (C=O) groups is 1. The van der Waals surface area contributed by atoms with Crippen molar-refractivity contribution < 1.29 is 13.2 Å². The highest BCUT2D eigenvalue weighted by molar-refractivity contribution is 7.90. The second-order valence-electron chi connectivity index (χ2n) is 7.48. The summed E-state index contributed by atoms with van der Waals surface area (Å²) >= 11 is 0. The average molecular weight is 439 g/mol. The Morgan fingerprint density at radius 2 is 2.23 bits per heavy atom. The number of hydrogen-bond acceptors (Lipinski definition) is 7. The molecular formula is C21H22N6O3S. The van der Waals surface area contributed by atoms with Crippen molar-refractivity contribution in [2.45, 2.75) is 30.3 Å². The number of amides is 1. The SMILES string of the molecule is C#CCC(=O)N1CCC[C@@H](Nc2c(-c3nccc(S(C)(=O)=O)n3)cnc3[nH]ccc23)C1. The fraction of sp³-hybridized carbons (Fsp3) is 0.333. The van der Waals surface area contributed by atoms with Gasteiger partial charge in [-0.3, -0.25) is 4.79 Å². The van der Waals surface area contributed by atoms with Crippen molar-refractivity contribution in [2.75, 3.05) is 24.7 Å². The first-order valence-electron chi connectivity index (χ1n) is 9.84. The third-order valence-electron chi connectivity index (χ3n) is 5.21. The summed E-state index contributed by atoms with van der Waals surface area (Å²) in [5, 5.41) is 4.30. The number of H-pyrrole nitrogens is 1. The van der Waals surface area contributed by atoms with Crippen molar-refractivity contribution in [3.8, 4) is 23.7 Å². The molecule has 160 valence electrons. The van der Waals surface area contributed by atoms with E-state index < -0.39 is 9.84 Å². The van der Waals surface area contributed by atoms with Crippen LogP contribution >= 0.6 is 0 Å². The van der Waals surface area contributed by atoms with E-state index >= 15 is 0 Å². The molecule has 3 aromatic heterocycles. The predicted octanol–water partition coefficient (Wildman–Crippen LogP) is 1.85. The second-order valence-corrected chi connectivity index (χ2v) is 9.44. The largest absolute Gasteiger partial charge is 0.379 e. The van der Waals surface area contributed by atoms with Gasteiger partial charge in [-0.2, -0.15) is 0 Å². The van der Waals surface area contributed by atoms with Crippen LogP contribution in [0, 0.1) is 12.3 Å². The van der Waals surface area contributed by atoms with Crippen LogP contribution in [-0.4, -0.2) is 64.5 Å². The van der Waals surface area contributed by atoms with Gasteiger partial charge in [0, 0.05) is 49.4 Å². The summed E-state index contributed by atoms with van der Waals surface area (Å²) in [6, 6.07) is 3.25. The highest BCUT2D eigenvalue weighted by Gasteiger charge is 2.25. The number of anilines is 1. The van der Waals surface area contributed by atoms with E-state index in [1.54, 1.807) is 17.3 Å². The molecule has 2 N–H and O–H groups in total. The lowest BCUT2D eigenvalue weighted by Gasteiger charge is -2.34. The van der Waals surface area contributed by atoms with Crippen LogP contribution in [0.15, 0.2) is 35.7 Å². The van der Waals surface area contributed by atoms with Crippen molar-refractivity contribution in [3.63, 3.8) is 0 Å². The van der Waals surface area contributed by atoms with Crippen molar-refractivity contribution in [1.82, 2.24) is 24.8 Å². The molecule has 0 radical (unpaired) electrons. The quantitative estimate of drug-likeness (QED) is 0.461. The fourth-order valence-electron chi connectivity index (χ4n) is 3.74. The molecule has 1 aliphatic heterocycles. The maximum absolute atomic E-state index is 12.3. The summed E-state index contributed by atoms with van der Waals surface area (Å²) in [6.07, 6.45) is 13.0. The van der Waals surface area contributed by atoms with E-state index in [1.165, 1.54) is 12.3 Å². The molecule has 0 bridgehead atoms. The Bertz CT molecular complexity index is 1280. The molecule has 3 aromatic rings. The molecule has 10 heteroatoms. The molecule has 0 saturated carbocycles. The zero-order valence-corrected chi connectivity index (χ0v) is 17.8. The van der Waals surface area contributed by atoms with Gasteiger partial charge in [-0.05, 0) is 25.0 Å². The maximum atomic E-state index is 12.3. The second kappa shape index (κ2) is 8.35. The number of carbonyl (C=O) groups excluding carboxylic acids is 1. The number of hydrogen-bond donors (Lipinski definition) is 2. The van der Waals surface area contributed by atoms with Gasteiger partial charge in [0.2, 0.25) is 5.91 Å². The van der Waals surface area contributed by atoms with Crippen LogP contribution in [0.25, 0.3) is 22.4 Å². The minimum absolute atomic E-state index is 0.00665. The molecule has 1 aliphatic rings. The Balaban J connectivity index is 1.72. The highest BCUT2D eigenvalue weighted by atomic mass is 32.2. The molecule has 1 saturated heterocycles. The smallest absolute Gasteiger partial charge is 0.234 e. The molecule has 0 spiro atoms. The highest BCUT2D eigenvalue weighted by Crippen LogP contribution is 2.33. The van der Waals surface area contributed by atoms with Crippen LogP contribution in [0.5, 0.6) is 0 Å². The van der Waals surface area contributed by atoms with Crippen LogP contribution in [0.4, 0.5) is 5.69 Å². The molecule has 9 nitrogen and oxygen atoms in total. The lowest BCUT2D eigenvalue weighted by molar-refractivity contribution is -0.131. The Labute approximate surface area is 180 Å². The van der Waals surface area contributed by atoms with Gasteiger partial charge in [0.25, 0.3) is 0 Å². The summed E-state index contributed by atoms with van der Waals surface area (Å²) in [5.41, 5.74) is 2.01. The molecule has 31 heavy (non-hydrogen) atoms. The lowest BCUT2D eigenvalue weighted by Crippen LogP contribution is -2.45. The van der Waals surface area contributed by atoms with Gasteiger partial charge >= 0.3 is 0 Å². The first kappa shape index (κ1) is 20.8. The topological polar surface area (TPSA) is 121 Å². The van der Waals surface area contributed by atoms with Crippen molar-refractivity contribution in [1.29, 1.82) is 0 Å². The summed E-state index contributed by atoms with van der Waals surface area (Å²) in [4.78, 5) is 30.1. The summed E-state index contributed by atoms with van der Waals surface area (Å²) in [5.74, 6) is 2.61. The number of nitrogens with one attached hydrogen (secondary N) is 2. The summed E-state index contributed by atoms with van der Waals surface area (Å²) in [6.45, 7) is 1.21. The average Bonchev–Trinajstić information content (AvgIpc) is 3.23. The van der Waals surface area contributed by atoms with E-state index in [0.717, 1.165) is 30.2 Å². The number of terminal acetylenes is 1. The van der Waals surface area contributed by atoms with Gasteiger partial charge in [0.15, 0.2) is 20.7 Å². The molecule has 0 aliphatic carbocycles. The fourth-order valence-corrected chi connectivity index (χ4v) is 4.30. The Morgan fingerprint density at radius 3 is 3.00 bits per heavy atom. The number of nitrogens with zero attached hydrogens (tertiary/aromatic N) is 4. The number of aromatic amines is 1. The first-order chi connectivity index (χ1) is 14.9. The van der Waals surface area contributed by atoms with Crippen LogP contribution in [-0.2, 0) is 14.6 Å². The lowest BCUT2D eigenvalue weighted by atomic mass is 10.0. The number of piperidine rings is 1. The third-order valence-corrected chi connectivity index (χ3v) is 6.20. The van der Waals surface area contributed by atoms with E-state index in [2.05, 4.69) is 31.2 Å². The number of sulfone groups is 1. The van der Waals surface area contributed by atoms with Gasteiger partial charge in [0.05, 0.1) is 17.7 Å². The Hall–Kier alpha value is -3.45. The van der Waals surface area contributed by atoms with Crippen LogP contribution in [0.2, 0.25) is 0 Å². The van der Waals surface area contributed by atoms with Crippen molar-refractivity contribution in [2.24, 2.45) is 0 Å². The minimum atomic E-state index is -3.49. The van der Waals surface area contributed by atoms with Gasteiger partial charge in [-0.25, -0.2) is 23.4 Å². The van der Waals surface area contributed by atoms with Crippen LogP contribution in [0.3, 0.4) is 0 Å². The molecule has 4 rings (SSSR count). The van der Waals surface area contributed by atoms with Crippen LogP contribution < -0.4 is 5.32 Å². The van der Waals surface area contributed by atoms with Gasteiger partial charge in [-0.15, -0.1) is 6.42 Å². The Morgan fingerprint density at radius 1 is 1.39 bits per heavy atom. The zero-order valence-electron chi connectivity index (χ0n) is 17.0. The molecule has 1 atom stereocenters. The molecule has 1 fully saturated rings. The molecule has 0 aromatic carbocycles. The Kier molecular flexibility index (Phi) is 5.61.